The van der Waals surface area contributed by atoms with Crippen molar-refractivity contribution in [1.82, 2.24) is 0 Å². The van der Waals surface area contributed by atoms with E-state index < -0.39 is 9.84 Å². The number of Topliss-reactive ketones (excluding diaryl/α,β-unsaturated/α-hetero) is 1. The lowest BCUT2D eigenvalue weighted by atomic mass is 10.1. The van der Waals surface area contributed by atoms with Crippen molar-refractivity contribution in [2.75, 3.05) is 12.4 Å². The number of ketones is 1. The second-order valence-electron chi connectivity index (χ2n) is 5.54. The number of carbonyl (C=O) groups excluding carboxylic acids is 1. The zero-order chi connectivity index (χ0) is 16.3. The molecule has 0 saturated carbocycles. The van der Waals surface area contributed by atoms with Gasteiger partial charge in [0.1, 0.15) is 5.75 Å². The SMILES string of the molecule is O=C1CCc2c(OCCCS(=O)(=O)c3ccccc3)cccc21. The van der Waals surface area contributed by atoms with Crippen LogP contribution in [0.4, 0.5) is 0 Å². The summed E-state index contributed by atoms with van der Waals surface area (Å²) in [6.07, 6.45) is 1.64. The predicted octanol–water partition coefficient (Wildman–Crippen LogP) is 3.06. The summed E-state index contributed by atoms with van der Waals surface area (Å²) in [5, 5.41) is 0. The number of hydrogen-bond donors (Lipinski definition) is 0. The van der Waals surface area contributed by atoms with Crippen molar-refractivity contribution >= 4 is 15.6 Å². The zero-order valence-corrected chi connectivity index (χ0v) is 13.5. The highest BCUT2D eigenvalue weighted by Crippen LogP contribution is 2.30. The van der Waals surface area contributed by atoms with E-state index in [1.54, 1.807) is 36.4 Å². The molecule has 0 radical (unpaired) electrons. The topological polar surface area (TPSA) is 60.4 Å². The first-order valence-corrected chi connectivity index (χ1v) is 9.29. The number of rotatable bonds is 6. The Kier molecular flexibility index (Phi) is 4.48. The molecule has 0 fully saturated rings. The molecule has 0 unspecified atom stereocenters. The minimum absolute atomic E-state index is 0.0466. The number of sulfone groups is 1. The Bertz CT molecular complexity index is 810. The molecule has 0 aromatic heterocycles. The van der Waals surface area contributed by atoms with Gasteiger partial charge in [0.25, 0.3) is 0 Å². The highest BCUT2D eigenvalue weighted by Gasteiger charge is 2.22. The summed E-state index contributed by atoms with van der Waals surface area (Å²) in [6, 6.07) is 13.9. The van der Waals surface area contributed by atoms with Crippen molar-refractivity contribution in [3.8, 4) is 5.75 Å². The average molecular weight is 330 g/mol. The van der Waals surface area contributed by atoms with Gasteiger partial charge in [-0.05, 0) is 31.0 Å². The smallest absolute Gasteiger partial charge is 0.178 e. The lowest BCUT2D eigenvalue weighted by Crippen LogP contribution is -2.11. The summed E-state index contributed by atoms with van der Waals surface area (Å²) < 4.78 is 30.1. The van der Waals surface area contributed by atoms with E-state index in [1.807, 2.05) is 12.1 Å². The van der Waals surface area contributed by atoms with Crippen LogP contribution in [0.1, 0.15) is 28.8 Å². The predicted molar refractivity (Wildman–Crippen MR) is 87.7 cm³/mol. The Morgan fingerprint density at radius 2 is 1.74 bits per heavy atom. The number of ether oxygens (including phenoxy) is 1. The molecule has 5 heteroatoms. The Morgan fingerprint density at radius 3 is 2.52 bits per heavy atom. The minimum Gasteiger partial charge on any atom is -0.493 e. The van der Waals surface area contributed by atoms with Crippen molar-refractivity contribution in [2.24, 2.45) is 0 Å². The summed E-state index contributed by atoms with van der Waals surface area (Å²) in [4.78, 5) is 12.0. The molecule has 2 aromatic carbocycles. The Hall–Kier alpha value is -2.14. The number of hydrogen-bond acceptors (Lipinski definition) is 4. The van der Waals surface area contributed by atoms with Gasteiger partial charge in [-0.15, -0.1) is 0 Å². The summed E-state index contributed by atoms with van der Waals surface area (Å²) in [7, 11) is -3.27. The van der Waals surface area contributed by atoms with E-state index >= 15 is 0 Å². The Labute approximate surface area is 136 Å². The minimum atomic E-state index is -3.27. The molecule has 1 aliphatic carbocycles. The fourth-order valence-corrected chi connectivity index (χ4v) is 4.08. The second kappa shape index (κ2) is 6.54. The van der Waals surface area contributed by atoms with Gasteiger partial charge < -0.3 is 4.74 Å². The molecule has 120 valence electrons. The molecule has 0 atom stereocenters. The molecular formula is C18H18O4S. The van der Waals surface area contributed by atoms with Crippen LogP contribution < -0.4 is 4.74 Å². The van der Waals surface area contributed by atoms with Crippen LogP contribution in [0.25, 0.3) is 0 Å². The number of fused-ring (bicyclic) bond motifs is 1. The maximum atomic E-state index is 12.2. The first kappa shape index (κ1) is 15.7. The van der Waals surface area contributed by atoms with Crippen LogP contribution in [0.3, 0.4) is 0 Å². The molecule has 0 amide bonds. The van der Waals surface area contributed by atoms with E-state index in [0.717, 1.165) is 11.1 Å². The van der Waals surface area contributed by atoms with Crippen LogP contribution in [0, 0.1) is 0 Å². The molecule has 0 aliphatic heterocycles. The third-order valence-corrected chi connectivity index (χ3v) is 5.77. The molecule has 0 saturated heterocycles. The summed E-state index contributed by atoms with van der Waals surface area (Å²) >= 11 is 0. The summed E-state index contributed by atoms with van der Waals surface area (Å²) in [5.41, 5.74) is 1.68. The molecule has 0 N–H and O–H groups in total. The van der Waals surface area contributed by atoms with Gasteiger partial charge in [0.2, 0.25) is 0 Å². The van der Waals surface area contributed by atoms with Gasteiger partial charge in [0.05, 0.1) is 17.3 Å². The summed E-state index contributed by atoms with van der Waals surface area (Å²) in [5.74, 6) is 0.896. The van der Waals surface area contributed by atoms with Crippen LogP contribution in [-0.2, 0) is 16.3 Å². The van der Waals surface area contributed by atoms with Gasteiger partial charge in [-0.25, -0.2) is 8.42 Å². The summed E-state index contributed by atoms with van der Waals surface area (Å²) in [6.45, 7) is 0.316. The second-order valence-corrected chi connectivity index (χ2v) is 7.65. The molecule has 0 bridgehead atoms. The maximum Gasteiger partial charge on any atom is 0.178 e. The van der Waals surface area contributed by atoms with Crippen LogP contribution in [0.5, 0.6) is 5.75 Å². The Balaban J connectivity index is 1.58. The quantitative estimate of drug-likeness (QED) is 0.764. The van der Waals surface area contributed by atoms with Gasteiger partial charge in [0.15, 0.2) is 15.6 Å². The Morgan fingerprint density at radius 1 is 0.957 bits per heavy atom. The van der Waals surface area contributed by atoms with Crippen molar-refractivity contribution in [3.05, 3.63) is 59.7 Å². The maximum absolute atomic E-state index is 12.2. The fraction of sp³-hybridized carbons (Fsp3) is 0.278. The lowest BCUT2D eigenvalue weighted by Gasteiger charge is -2.10. The third-order valence-electron chi connectivity index (χ3n) is 3.95. The van der Waals surface area contributed by atoms with E-state index in [0.29, 0.717) is 36.5 Å². The highest BCUT2D eigenvalue weighted by atomic mass is 32.2. The lowest BCUT2D eigenvalue weighted by molar-refractivity contribution is 0.0994. The molecule has 2 aromatic rings. The van der Waals surface area contributed by atoms with Gasteiger partial charge >= 0.3 is 0 Å². The molecule has 0 spiro atoms. The van der Waals surface area contributed by atoms with Gasteiger partial charge in [-0.2, -0.15) is 0 Å². The van der Waals surface area contributed by atoms with E-state index in [1.165, 1.54) is 0 Å². The van der Waals surface area contributed by atoms with Crippen molar-refractivity contribution in [3.63, 3.8) is 0 Å². The van der Waals surface area contributed by atoms with Gasteiger partial charge in [-0.3, -0.25) is 4.79 Å². The monoisotopic (exact) mass is 330 g/mol. The van der Waals surface area contributed by atoms with Crippen LogP contribution in [-0.4, -0.2) is 26.6 Å². The van der Waals surface area contributed by atoms with Crippen LogP contribution in [0.15, 0.2) is 53.4 Å². The first-order valence-electron chi connectivity index (χ1n) is 7.63. The third kappa shape index (κ3) is 3.45. The molecule has 0 heterocycles. The van der Waals surface area contributed by atoms with Crippen molar-refractivity contribution < 1.29 is 17.9 Å². The normalized spacial score (nSPS) is 13.8. The standard InChI is InChI=1S/C18H18O4S/c19-17-11-10-16-15(17)8-4-9-18(16)22-12-5-13-23(20,21)14-6-2-1-3-7-14/h1-4,6-9H,5,10-13H2. The number of carbonyl (C=O) groups is 1. The van der Waals surface area contributed by atoms with Crippen molar-refractivity contribution in [2.45, 2.75) is 24.2 Å². The van der Waals surface area contributed by atoms with Gasteiger partial charge in [-0.1, -0.05) is 30.3 Å². The van der Waals surface area contributed by atoms with Crippen LogP contribution in [0.2, 0.25) is 0 Å². The van der Waals surface area contributed by atoms with E-state index in [4.69, 9.17) is 4.74 Å². The van der Waals surface area contributed by atoms with E-state index in [9.17, 15) is 13.2 Å². The molecule has 4 nitrogen and oxygen atoms in total. The van der Waals surface area contributed by atoms with E-state index in [2.05, 4.69) is 0 Å². The van der Waals surface area contributed by atoms with E-state index in [-0.39, 0.29) is 11.5 Å². The first-order chi connectivity index (χ1) is 11.1. The fourth-order valence-electron chi connectivity index (χ4n) is 2.77. The highest BCUT2D eigenvalue weighted by molar-refractivity contribution is 7.91. The zero-order valence-electron chi connectivity index (χ0n) is 12.7. The molecular weight excluding hydrogens is 312 g/mol. The van der Waals surface area contributed by atoms with Crippen LogP contribution >= 0.6 is 0 Å². The van der Waals surface area contributed by atoms with Crippen molar-refractivity contribution in [1.29, 1.82) is 0 Å². The average Bonchev–Trinajstić information content (AvgIpc) is 2.95. The molecule has 23 heavy (non-hydrogen) atoms. The number of benzene rings is 2. The molecule has 3 rings (SSSR count). The largest absolute Gasteiger partial charge is 0.493 e. The molecule has 1 aliphatic rings. The van der Waals surface area contributed by atoms with Gasteiger partial charge in [0, 0.05) is 17.5 Å².